The first-order valence-corrected chi connectivity index (χ1v) is 9.70. The molecule has 0 radical (unpaired) electrons. The maximum atomic E-state index is 5.41. The third-order valence-electron chi connectivity index (χ3n) is 4.61. The van der Waals surface area contributed by atoms with Crippen molar-refractivity contribution in [2.45, 2.75) is 45.6 Å². The lowest BCUT2D eigenvalue weighted by Gasteiger charge is -2.16. The van der Waals surface area contributed by atoms with Crippen molar-refractivity contribution in [1.82, 2.24) is 10.6 Å². The Morgan fingerprint density at radius 2 is 1.78 bits per heavy atom. The van der Waals surface area contributed by atoms with Crippen molar-refractivity contribution in [3.63, 3.8) is 0 Å². The van der Waals surface area contributed by atoms with Crippen LogP contribution >= 0.6 is 0 Å². The average molecular weight is 376 g/mol. The van der Waals surface area contributed by atoms with Gasteiger partial charge in [-0.05, 0) is 56.7 Å². The molecule has 0 aromatic heterocycles. The number of hydrogen-bond donors (Lipinski definition) is 2. The highest BCUT2D eigenvalue weighted by Crippen LogP contribution is 2.38. The predicted octanol–water partition coefficient (Wildman–Crippen LogP) is 3.66. The molecule has 0 atom stereocenters. The molecule has 0 unspecified atom stereocenters. The van der Waals surface area contributed by atoms with E-state index in [-0.39, 0.29) is 0 Å². The van der Waals surface area contributed by atoms with Gasteiger partial charge in [0, 0.05) is 13.1 Å². The zero-order valence-corrected chi connectivity index (χ0v) is 17.1. The molecule has 0 aliphatic heterocycles. The van der Waals surface area contributed by atoms with Crippen molar-refractivity contribution < 1.29 is 14.2 Å². The SMILES string of the molecule is CCNC(=NCc1cc(OC)c(OC)c(OC)c1)NCCC1=CCCCC1. The van der Waals surface area contributed by atoms with E-state index in [2.05, 4.69) is 23.6 Å². The minimum Gasteiger partial charge on any atom is -0.493 e. The molecule has 2 N–H and O–H groups in total. The molecule has 0 heterocycles. The van der Waals surface area contributed by atoms with Gasteiger partial charge in [-0.25, -0.2) is 4.99 Å². The van der Waals surface area contributed by atoms with Gasteiger partial charge >= 0.3 is 0 Å². The van der Waals surface area contributed by atoms with Crippen LogP contribution in [-0.2, 0) is 6.54 Å². The number of benzene rings is 1. The minimum absolute atomic E-state index is 0.523. The molecular weight excluding hydrogens is 342 g/mol. The number of rotatable bonds is 9. The molecule has 6 heteroatoms. The van der Waals surface area contributed by atoms with Crippen molar-refractivity contribution >= 4 is 5.96 Å². The third-order valence-corrected chi connectivity index (χ3v) is 4.61. The Hall–Kier alpha value is -2.37. The van der Waals surface area contributed by atoms with Crippen LogP contribution in [0.15, 0.2) is 28.8 Å². The molecule has 1 aliphatic rings. The highest BCUT2D eigenvalue weighted by Gasteiger charge is 2.13. The van der Waals surface area contributed by atoms with Crippen LogP contribution in [0.4, 0.5) is 0 Å². The smallest absolute Gasteiger partial charge is 0.203 e. The van der Waals surface area contributed by atoms with Crippen LogP contribution in [0.2, 0.25) is 0 Å². The van der Waals surface area contributed by atoms with E-state index in [9.17, 15) is 0 Å². The fourth-order valence-corrected chi connectivity index (χ4v) is 3.21. The highest BCUT2D eigenvalue weighted by molar-refractivity contribution is 5.79. The summed E-state index contributed by atoms with van der Waals surface area (Å²) >= 11 is 0. The third kappa shape index (κ3) is 6.38. The fraction of sp³-hybridized carbons (Fsp3) is 0.571. The van der Waals surface area contributed by atoms with E-state index < -0.39 is 0 Å². The van der Waals surface area contributed by atoms with Crippen LogP contribution < -0.4 is 24.8 Å². The number of nitrogens with zero attached hydrogens (tertiary/aromatic N) is 1. The second kappa shape index (κ2) is 11.4. The van der Waals surface area contributed by atoms with E-state index in [1.165, 1.54) is 25.7 Å². The van der Waals surface area contributed by atoms with Crippen LogP contribution in [0.5, 0.6) is 17.2 Å². The molecule has 0 bridgehead atoms. The maximum Gasteiger partial charge on any atom is 0.203 e. The van der Waals surface area contributed by atoms with E-state index in [1.807, 2.05) is 12.1 Å². The quantitative estimate of drug-likeness (QED) is 0.392. The lowest BCUT2D eigenvalue weighted by atomic mass is 9.97. The molecule has 150 valence electrons. The molecular formula is C21H33N3O3. The van der Waals surface area contributed by atoms with Crippen LogP contribution in [0, 0.1) is 0 Å². The Morgan fingerprint density at radius 3 is 2.33 bits per heavy atom. The van der Waals surface area contributed by atoms with Gasteiger partial charge in [-0.2, -0.15) is 0 Å². The first-order valence-electron chi connectivity index (χ1n) is 9.70. The largest absolute Gasteiger partial charge is 0.493 e. The van der Waals surface area contributed by atoms with Gasteiger partial charge in [-0.1, -0.05) is 11.6 Å². The second-order valence-electron chi connectivity index (χ2n) is 6.51. The normalized spacial score (nSPS) is 14.4. The molecule has 27 heavy (non-hydrogen) atoms. The van der Waals surface area contributed by atoms with Gasteiger partial charge in [0.15, 0.2) is 17.5 Å². The average Bonchev–Trinajstić information content (AvgIpc) is 2.71. The number of nitrogens with one attached hydrogen (secondary N) is 2. The number of methoxy groups -OCH3 is 3. The standard InChI is InChI=1S/C21H33N3O3/c1-5-22-21(23-12-11-16-9-7-6-8-10-16)24-15-17-13-18(25-2)20(27-4)19(14-17)26-3/h9,13-14H,5-8,10-12,15H2,1-4H3,(H2,22,23,24). The zero-order chi connectivity index (χ0) is 19.5. The Balaban J connectivity index is 2.01. The predicted molar refractivity (Wildman–Crippen MR) is 110 cm³/mol. The summed E-state index contributed by atoms with van der Waals surface area (Å²) in [4.78, 5) is 4.70. The number of hydrogen-bond acceptors (Lipinski definition) is 4. The number of allylic oxidation sites excluding steroid dienone is 1. The van der Waals surface area contributed by atoms with E-state index in [1.54, 1.807) is 26.9 Å². The van der Waals surface area contributed by atoms with E-state index in [0.29, 0.717) is 23.8 Å². The highest BCUT2D eigenvalue weighted by atomic mass is 16.5. The molecule has 1 aliphatic carbocycles. The molecule has 2 rings (SSSR count). The van der Waals surface area contributed by atoms with Gasteiger partial charge < -0.3 is 24.8 Å². The maximum absolute atomic E-state index is 5.41. The Labute approximate surface area is 163 Å². The fourth-order valence-electron chi connectivity index (χ4n) is 3.21. The van der Waals surface area contributed by atoms with Crippen LogP contribution in [-0.4, -0.2) is 40.4 Å². The summed E-state index contributed by atoms with van der Waals surface area (Å²) < 4.78 is 16.2. The first kappa shape index (κ1) is 20.9. The van der Waals surface area contributed by atoms with Gasteiger partial charge in [0.05, 0.1) is 27.9 Å². The number of ether oxygens (including phenoxy) is 3. The van der Waals surface area contributed by atoms with Crippen molar-refractivity contribution in [2.24, 2.45) is 4.99 Å². The van der Waals surface area contributed by atoms with Crippen molar-refractivity contribution in [3.05, 3.63) is 29.3 Å². The lowest BCUT2D eigenvalue weighted by molar-refractivity contribution is 0.324. The molecule has 0 saturated heterocycles. The molecule has 1 aromatic carbocycles. The summed E-state index contributed by atoms with van der Waals surface area (Å²) in [6, 6.07) is 3.86. The van der Waals surface area contributed by atoms with Crippen LogP contribution in [0.3, 0.4) is 0 Å². The molecule has 0 spiro atoms. The second-order valence-corrected chi connectivity index (χ2v) is 6.51. The topological polar surface area (TPSA) is 64.1 Å². The monoisotopic (exact) mass is 375 g/mol. The summed E-state index contributed by atoms with van der Waals surface area (Å²) in [6.07, 6.45) is 8.59. The van der Waals surface area contributed by atoms with E-state index >= 15 is 0 Å². The number of guanidine groups is 1. The Morgan fingerprint density at radius 1 is 1.04 bits per heavy atom. The Kier molecular flexibility index (Phi) is 8.81. The summed E-state index contributed by atoms with van der Waals surface area (Å²) in [7, 11) is 4.85. The van der Waals surface area contributed by atoms with Gasteiger partial charge in [0.2, 0.25) is 5.75 Å². The van der Waals surface area contributed by atoms with Gasteiger partial charge in [-0.15, -0.1) is 0 Å². The van der Waals surface area contributed by atoms with Gasteiger partial charge in [0.1, 0.15) is 0 Å². The van der Waals surface area contributed by atoms with Crippen molar-refractivity contribution in [2.75, 3.05) is 34.4 Å². The summed E-state index contributed by atoms with van der Waals surface area (Å²) in [5, 5.41) is 6.73. The van der Waals surface area contributed by atoms with Crippen LogP contribution in [0.25, 0.3) is 0 Å². The lowest BCUT2D eigenvalue weighted by Crippen LogP contribution is -2.37. The number of aliphatic imine (C=N–C) groups is 1. The molecule has 0 amide bonds. The molecule has 6 nitrogen and oxygen atoms in total. The van der Waals surface area contributed by atoms with E-state index in [0.717, 1.165) is 31.0 Å². The van der Waals surface area contributed by atoms with Gasteiger partial charge in [0.25, 0.3) is 0 Å². The first-order chi connectivity index (χ1) is 13.2. The summed E-state index contributed by atoms with van der Waals surface area (Å²) in [5.41, 5.74) is 2.56. The van der Waals surface area contributed by atoms with Crippen molar-refractivity contribution in [1.29, 1.82) is 0 Å². The zero-order valence-electron chi connectivity index (χ0n) is 17.1. The van der Waals surface area contributed by atoms with Crippen LogP contribution in [0.1, 0.15) is 44.6 Å². The summed E-state index contributed by atoms with van der Waals surface area (Å²) in [5.74, 6) is 2.70. The minimum atomic E-state index is 0.523. The Bertz CT molecular complexity index is 631. The molecule has 0 fully saturated rings. The summed E-state index contributed by atoms with van der Waals surface area (Å²) in [6.45, 7) is 4.31. The van der Waals surface area contributed by atoms with Crippen molar-refractivity contribution in [3.8, 4) is 17.2 Å². The molecule has 1 aromatic rings. The molecule has 0 saturated carbocycles. The van der Waals surface area contributed by atoms with Gasteiger partial charge in [-0.3, -0.25) is 0 Å². The van der Waals surface area contributed by atoms with E-state index in [4.69, 9.17) is 19.2 Å².